The number of hydrogen-bond donors (Lipinski definition) is 1. The Balaban J connectivity index is 3.75. The Kier molecular flexibility index (Phi) is 2.26. The Labute approximate surface area is 44.0 Å². The molecular weight excluding hydrogens is 146 g/mol. The van der Waals surface area contributed by atoms with Gasteiger partial charge in [0.05, 0.1) is 0 Å². The summed E-state index contributed by atoms with van der Waals surface area (Å²) in [5.41, 5.74) is 0. The third-order valence-electron chi connectivity index (χ3n) is 0.168. The normalized spacial score (nSPS) is 12.5. The Bertz CT molecular complexity index is 147. The van der Waals surface area contributed by atoms with Crippen molar-refractivity contribution >= 4 is 10.4 Å². The highest BCUT2D eigenvalue weighted by atomic mass is 32.3. The molecule has 7 heteroatoms. The van der Waals surface area contributed by atoms with E-state index in [9.17, 15) is 17.2 Å². The number of hydrogen-bond acceptors (Lipinski definition) is 3. The zero-order valence-corrected chi connectivity index (χ0v) is 4.15. The lowest BCUT2D eigenvalue weighted by atomic mass is 11.5. The molecule has 0 aliphatic rings. The molecule has 0 atom stereocenters. The molecule has 0 heterocycles. The van der Waals surface area contributed by atoms with Gasteiger partial charge < -0.3 is 0 Å². The van der Waals surface area contributed by atoms with E-state index in [1.807, 2.05) is 0 Å². The first-order valence-electron chi connectivity index (χ1n) is 1.26. The van der Waals surface area contributed by atoms with Crippen LogP contribution in [0.4, 0.5) is 8.78 Å². The van der Waals surface area contributed by atoms with E-state index in [2.05, 4.69) is 4.18 Å². The van der Waals surface area contributed by atoms with E-state index in [0.717, 1.165) is 0 Å². The van der Waals surface area contributed by atoms with E-state index < -0.39 is 17.0 Å². The molecule has 0 fully saturated rings. The van der Waals surface area contributed by atoms with Crippen LogP contribution < -0.4 is 0 Å². The summed E-state index contributed by atoms with van der Waals surface area (Å²) in [6.07, 6.45) is 0. The van der Waals surface area contributed by atoms with Crippen molar-refractivity contribution in [3.63, 3.8) is 0 Å². The van der Waals surface area contributed by atoms with Gasteiger partial charge in [0.25, 0.3) is 0 Å². The van der Waals surface area contributed by atoms with Crippen LogP contribution in [0.1, 0.15) is 0 Å². The Morgan fingerprint density at radius 3 is 1.88 bits per heavy atom. The quantitative estimate of drug-likeness (QED) is 0.566. The van der Waals surface area contributed by atoms with Gasteiger partial charge in [-0.3, -0.25) is 4.55 Å². The highest BCUT2D eigenvalue weighted by Crippen LogP contribution is 2.07. The molecule has 0 spiro atoms. The van der Waals surface area contributed by atoms with Crippen molar-refractivity contribution in [1.82, 2.24) is 0 Å². The van der Waals surface area contributed by atoms with E-state index in [1.54, 1.807) is 0 Å². The molecule has 0 unspecified atom stereocenters. The van der Waals surface area contributed by atoms with Crippen LogP contribution in [0.25, 0.3) is 0 Å². The van der Waals surface area contributed by atoms with Crippen molar-refractivity contribution in [2.45, 2.75) is 0 Å². The largest absolute Gasteiger partial charge is 0.465 e. The van der Waals surface area contributed by atoms with Gasteiger partial charge in [-0.15, -0.1) is 0 Å². The fraction of sp³-hybridized carbons (Fsp3) is 0. The fourth-order valence-corrected chi connectivity index (χ4v) is 0.239. The summed E-state index contributed by atoms with van der Waals surface area (Å²) < 4.78 is 49.9. The smallest absolute Gasteiger partial charge is 0.263 e. The van der Waals surface area contributed by atoms with Crippen LogP contribution in [0, 0.1) is 6.61 Å². The average molecular weight is 147 g/mol. The molecule has 0 aliphatic carbocycles. The second kappa shape index (κ2) is 2.33. The second-order valence-electron chi connectivity index (χ2n) is 0.737. The summed E-state index contributed by atoms with van der Waals surface area (Å²) in [6, 6.07) is 0. The van der Waals surface area contributed by atoms with Crippen LogP contribution in [0.5, 0.6) is 0 Å². The average Bonchev–Trinajstić information content (AvgIpc) is 1.21. The fourth-order valence-electron chi connectivity index (χ4n) is 0.0796. The van der Waals surface area contributed by atoms with Gasteiger partial charge in [0.2, 0.25) is 0 Å². The Morgan fingerprint density at radius 2 is 1.88 bits per heavy atom. The highest BCUT2D eigenvalue weighted by molar-refractivity contribution is 7.81. The molecule has 0 bridgehead atoms. The summed E-state index contributed by atoms with van der Waals surface area (Å²) in [4.78, 5) is 0. The van der Waals surface area contributed by atoms with Gasteiger partial charge in [0, 0.05) is 0 Å². The van der Waals surface area contributed by atoms with E-state index in [1.165, 1.54) is 0 Å². The first-order valence-corrected chi connectivity index (χ1v) is 2.63. The maximum atomic E-state index is 10.7. The molecule has 0 amide bonds. The third-order valence-corrected chi connectivity index (χ3v) is 0.505. The zero-order chi connectivity index (χ0) is 6.78. The maximum absolute atomic E-state index is 10.7. The SMILES string of the molecule is O=S(=O)(O)O[C](F)F. The summed E-state index contributed by atoms with van der Waals surface area (Å²) in [5, 5.41) is 0. The second-order valence-corrected chi connectivity index (χ2v) is 1.76. The van der Waals surface area contributed by atoms with Gasteiger partial charge in [0.1, 0.15) is 0 Å². The molecule has 0 aromatic rings. The van der Waals surface area contributed by atoms with Crippen molar-refractivity contribution in [2.75, 3.05) is 0 Å². The van der Waals surface area contributed by atoms with Gasteiger partial charge in [-0.05, 0) is 0 Å². The van der Waals surface area contributed by atoms with E-state index in [4.69, 9.17) is 4.55 Å². The zero-order valence-electron chi connectivity index (χ0n) is 3.34. The van der Waals surface area contributed by atoms with Crippen molar-refractivity contribution in [3.8, 4) is 0 Å². The lowest BCUT2D eigenvalue weighted by Gasteiger charge is -1.90. The summed E-state index contributed by atoms with van der Waals surface area (Å²) in [5.74, 6) is 0. The molecule has 0 aliphatic heterocycles. The van der Waals surface area contributed by atoms with Crippen LogP contribution >= 0.6 is 0 Å². The maximum Gasteiger partial charge on any atom is 0.465 e. The lowest BCUT2D eigenvalue weighted by molar-refractivity contribution is 0.0699. The van der Waals surface area contributed by atoms with Crippen molar-refractivity contribution in [2.24, 2.45) is 0 Å². The molecule has 0 saturated heterocycles. The molecule has 0 aromatic carbocycles. The Hall–Kier alpha value is -0.270. The number of rotatable bonds is 2. The topological polar surface area (TPSA) is 63.6 Å². The first kappa shape index (κ1) is 7.73. The van der Waals surface area contributed by atoms with Crippen molar-refractivity contribution in [3.05, 3.63) is 6.61 Å². The highest BCUT2D eigenvalue weighted by Gasteiger charge is 2.15. The van der Waals surface area contributed by atoms with Gasteiger partial charge in [-0.1, -0.05) is 0 Å². The van der Waals surface area contributed by atoms with Gasteiger partial charge in [-0.25, -0.2) is 0 Å². The van der Waals surface area contributed by atoms with Crippen LogP contribution in [0.2, 0.25) is 0 Å². The first-order chi connectivity index (χ1) is 3.42. The van der Waals surface area contributed by atoms with E-state index >= 15 is 0 Å². The molecular formula is CHF2O4S. The predicted octanol–water partition coefficient (Wildman–Crippen LogP) is 0.192. The Morgan fingerprint density at radius 1 is 1.50 bits per heavy atom. The summed E-state index contributed by atoms with van der Waals surface area (Å²) in [7, 11) is -5.01. The molecule has 0 aromatic heterocycles. The van der Waals surface area contributed by atoms with Crippen LogP contribution in [-0.2, 0) is 14.6 Å². The molecule has 0 rings (SSSR count). The van der Waals surface area contributed by atoms with Gasteiger partial charge in [0.15, 0.2) is 0 Å². The van der Waals surface area contributed by atoms with Crippen LogP contribution in [0.15, 0.2) is 0 Å². The molecule has 1 N–H and O–H groups in total. The minimum atomic E-state index is -5.01. The van der Waals surface area contributed by atoms with E-state index in [-0.39, 0.29) is 0 Å². The number of halogens is 2. The molecule has 0 saturated carbocycles. The minimum Gasteiger partial charge on any atom is -0.263 e. The summed E-state index contributed by atoms with van der Waals surface area (Å²) >= 11 is 0. The third kappa shape index (κ3) is 5.73. The van der Waals surface area contributed by atoms with Crippen molar-refractivity contribution < 1.29 is 25.9 Å². The minimum absolute atomic E-state index is 2.55. The molecule has 49 valence electrons. The lowest BCUT2D eigenvalue weighted by Crippen LogP contribution is -2.02. The predicted molar refractivity (Wildman–Crippen MR) is 18.1 cm³/mol. The van der Waals surface area contributed by atoms with Crippen LogP contribution in [-0.4, -0.2) is 13.0 Å². The van der Waals surface area contributed by atoms with Gasteiger partial charge >= 0.3 is 17.0 Å². The van der Waals surface area contributed by atoms with E-state index in [0.29, 0.717) is 0 Å². The summed E-state index contributed by atoms with van der Waals surface area (Å²) in [6.45, 7) is -2.81. The van der Waals surface area contributed by atoms with Crippen LogP contribution in [0.3, 0.4) is 0 Å². The standard InChI is InChI=1S/CHF2O4S/c2-1(3)7-8(4,5)6/h(H,4,5,6). The van der Waals surface area contributed by atoms with Crippen molar-refractivity contribution in [1.29, 1.82) is 0 Å². The van der Waals surface area contributed by atoms with Gasteiger partial charge in [-0.2, -0.15) is 21.4 Å². The molecule has 1 radical (unpaired) electrons. The molecule has 4 nitrogen and oxygen atoms in total. The molecule has 8 heavy (non-hydrogen) atoms. The monoisotopic (exact) mass is 147 g/mol.